The van der Waals surface area contributed by atoms with Gasteiger partial charge in [0.1, 0.15) is 11.1 Å². The molecular formula is C22H24N2O3S. The van der Waals surface area contributed by atoms with Crippen LogP contribution in [0.1, 0.15) is 44.1 Å². The number of carbonyl (C=O) groups is 1. The van der Waals surface area contributed by atoms with Crippen molar-refractivity contribution in [2.24, 2.45) is 28.9 Å². The lowest BCUT2D eigenvalue weighted by Crippen LogP contribution is -2.51. The van der Waals surface area contributed by atoms with Gasteiger partial charge in [-0.1, -0.05) is 18.3 Å². The molecule has 4 bridgehead atoms. The zero-order chi connectivity index (χ0) is 19.9. The third-order valence-electron chi connectivity index (χ3n) is 6.56. The molecule has 0 aromatic heterocycles. The number of hydrogen-bond donors (Lipinski definition) is 1. The van der Waals surface area contributed by atoms with Gasteiger partial charge >= 0.3 is 5.97 Å². The average molecular weight is 397 g/mol. The predicted octanol–water partition coefficient (Wildman–Crippen LogP) is 4.01. The highest BCUT2D eigenvalue weighted by atomic mass is 32.1. The Morgan fingerprint density at radius 2 is 1.82 bits per heavy atom. The summed E-state index contributed by atoms with van der Waals surface area (Å²) in [5.74, 6) is 2.78. The smallest absolute Gasteiger partial charge is 0.317 e. The maximum atomic E-state index is 13.2. The van der Waals surface area contributed by atoms with E-state index in [4.69, 9.17) is 32.7 Å². The second-order valence-corrected chi connectivity index (χ2v) is 8.97. The van der Waals surface area contributed by atoms with Gasteiger partial charge in [-0.15, -0.1) is 0 Å². The molecule has 4 aliphatic rings. The standard InChI is InChI=1S/C22H24N2O3S/c1-26-19-8-13(7-17(12-23)20(24)28)2-3-18(19)27-21(25)22-9-14-4-15(10-22)6-16(5-14)11-22/h2-3,7-8,14-16H,4-6,9-11H2,1H3,(H2,24,28). The molecule has 0 saturated heterocycles. The van der Waals surface area contributed by atoms with E-state index >= 15 is 0 Å². The molecule has 0 unspecified atom stereocenters. The quantitative estimate of drug-likeness (QED) is 0.266. The Morgan fingerprint density at radius 3 is 2.32 bits per heavy atom. The fraction of sp³-hybridized carbons (Fsp3) is 0.500. The lowest BCUT2D eigenvalue weighted by atomic mass is 9.49. The number of methoxy groups -OCH3 is 1. The maximum absolute atomic E-state index is 13.2. The van der Waals surface area contributed by atoms with E-state index in [1.54, 1.807) is 24.3 Å². The molecule has 0 amide bonds. The van der Waals surface area contributed by atoms with Crippen LogP contribution < -0.4 is 15.2 Å². The second-order valence-electron chi connectivity index (χ2n) is 8.53. The van der Waals surface area contributed by atoms with Crippen molar-refractivity contribution in [3.8, 4) is 17.6 Å². The molecule has 0 radical (unpaired) electrons. The van der Waals surface area contributed by atoms with Gasteiger partial charge in [-0.2, -0.15) is 5.26 Å². The van der Waals surface area contributed by atoms with E-state index in [2.05, 4.69) is 0 Å². The van der Waals surface area contributed by atoms with Gasteiger partial charge in [-0.3, -0.25) is 4.79 Å². The number of nitriles is 1. The number of carbonyl (C=O) groups excluding carboxylic acids is 1. The first kappa shape index (κ1) is 18.9. The number of nitrogens with zero attached hydrogens (tertiary/aromatic N) is 1. The first-order valence-electron chi connectivity index (χ1n) is 9.74. The minimum absolute atomic E-state index is 0.0405. The van der Waals surface area contributed by atoms with Crippen molar-refractivity contribution in [2.45, 2.75) is 38.5 Å². The van der Waals surface area contributed by atoms with Crippen LogP contribution in [0.15, 0.2) is 23.8 Å². The fourth-order valence-corrected chi connectivity index (χ4v) is 5.86. The van der Waals surface area contributed by atoms with E-state index in [0.29, 0.717) is 34.8 Å². The van der Waals surface area contributed by atoms with Gasteiger partial charge in [0.05, 0.1) is 18.1 Å². The molecule has 0 heterocycles. The highest BCUT2D eigenvalue weighted by Crippen LogP contribution is 2.60. The van der Waals surface area contributed by atoms with Crippen molar-refractivity contribution in [1.29, 1.82) is 5.26 Å². The summed E-state index contributed by atoms with van der Waals surface area (Å²) >= 11 is 4.87. The van der Waals surface area contributed by atoms with E-state index in [0.717, 1.165) is 19.3 Å². The predicted molar refractivity (Wildman–Crippen MR) is 110 cm³/mol. The van der Waals surface area contributed by atoms with Gasteiger partial charge in [0.2, 0.25) is 0 Å². The van der Waals surface area contributed by atoms with Crippen LogP contribution in [-0.2, 0) is 4.79 Å². The number of hydrogen-bond acceptors (Lipinski definition) is 5. The number of benzene rings is 1. The molecule has 4 fully saturated rings. The van der Waals surface area contributed by atoms with E-state index in [1.165, 1.54) is 26.4 Å². The number of nitrogens with two attached hydrogens (primary N) is 1. The van der Waals surface area contributed by atoms with Crippen LogP contribution in [0.4, 0.5) is 0 Å². The van der Waals surface area contributed by atoms with Gasteiger partial charge < -0.3 is 15.2 Å². The molecule has 146 valence electrons. The fourth-order valence-electron chi connectivity index (χ4n) is 5.75. The van der Waals surface area contributed by atoms with Crippen molar-refractivity contribution in [2.75, 3.05) is 7.11 Å². The summed E-state index contributed by atoms with van der Waals surface area (Å²) in [4.78, 5) is 13.2. The molecule has 5 rings (SSSR count). The van der Waals surface area contributed by atoms with Gasteiger partial charge in [0, 0.05) is 0 Å². The summed E-state index contributed by atoms with van der Waals surface area (Å²) in [6, 6.07) is 7.17. The summed E-state index contributed by atoms with van der Waals surface area (Å²) in [6.45, 7) is 0. The van der Waals surface area contributed by atoms with Gasteiger partial charge in [-0.25, -0.2) is 0 Å². The number of rotatable bonds is 5. The molecular weight excluding hydrogens is 372 g/mol. The topological polar surface area (TPSA) is 85.3 Å². The van der Waals surface area contributed by atoms with E-state index in [9.17, 15) is 4.79 Å². The van der Waals surface area contributed by atoms with Crippen LogP contribution in [0.5, 0.6) is 11.5 Å². The molecule has 4 saturated carbocycles. The average Bonchev–Trinajstić information content (AvgIpc) is 2.65. The lowest BCUT2D eigenvalue weighted by molar-refractivity contribution is -0.161. The van der Waals surface area contributed by atoms with Crippen LogP contribution in [0.2, 0.25) is 0 Å². The zero-order valence-electron chi connectivity index (χ0n) is 15.9. The van der Waals surface area contributed by atoms with Gasteiger partial charge in [0.15, 0.2) is 11.5 Å². The van der Waals surface area contributed by atoms with Crippen LogP contribution in [0.3, 0.4) is 0 Å². The summed E-state index contributed by atoms with van der Waals surface area (Å²) in [5, 5.41) is 9.12. The largest absolute Gasteiger partial charge is 0.493 e. The molecule has 1 aromatic carbocycles. The molecule has 0 aliphatic heterocycles. The summed E-state index contributed by atoms with van der Waals surface area (Å²) in [5.41, 5.74) is 6.15. The van der Waals surface area contributed by atoms with Crippen LogP contribution in [-0.4, -0.2) is 18.1 Å². The maximum Gasteiger partial charge on any atom is 0.317 e. The Hall–Kier alpha value is -2.39. The van der Waals surface area contributed by atoms with Crippen LogP contribution >= 0.6 is 12.2 Å². The van der Waals surface area contributed by atoms with E-state index < -0.39 is 0 Å². The third-order valence-corrected chi connectivity index (χ3v) is 6.78. The monoisotopic (exact) mass is 396 g/mol. The first-order chi connectivity index (χ1) is 13.4. The molecule has 4 aliphatic carbocycles. The van der Waals surface area contributed by atoms with Crippen molar-refractivity contribution in [3.63, 3.8) is 0 Å². The summed E-state index contributed by atoms with van der Waals surface area (Å²) in [6.07, 6.45) is 8.31. The van der Waals surface area contributed by atoms with Gasteiger partial charge in [0.25, 0.3) is 0 Å². The number of esters is 1. The lowest BCUT2D eigenvalue weighted by Gasteiger charge is -2.55. The third kappa shape index (κ3) is 3.40. The minimum atomic E-state index is -0.321. The van der Waals surface area contributed by atoms with Gasteiger partial charge in [-0.05, 0) is 80.1 Å². The van der Waals surface area contributed by atoms with Crippen LogP contribution in [0, 0.1) is 34.5 Å². The van der Waals surface area contributed by atoms with E-state index in [1.807, 2.05) is 6.07 Å². The molecule has 2 N–H and O–H groups in total. The highest BCUT2D eigenvalue weighted by molar-refractivity contribution is 7.80. The van der Waals surface area contributed by atoms with Crippen LogP contribution in [0.25, 0.3) is 6.08 Å². The second kappa shape index (κ2) is 7.21. The van der Waals surface area contributed by atoms with Crippen molar-refractivity contribution in [3.05, 3.63) is 29.3 Å². The Labute approximate surface area is 170 Å². The summed E-state index contributed by atoms with van der Waals surface area (Å²) in [7, 11) is 1.53. The molecule has 6 heteroatoms. The Kier molecular flexibility index (Phi) is 4.88. The number of ether oxygens (including phenoxy) is 2. The normalized spacial score (nSPS) is 30.6. The number of thiocarbonyl (C=S) groups is 1. The molecule has 1 aromatic rings. The van der Waals surface area contributed by atoms with Crippen molar-refractivity contribution >= 4 is 29.3 Å². The molecule has 5 nitrogen and oxygen atoms in total. The Balaban J connectivity index is 1.56. The Bertz CT molecular complexity index is 864. The SMILES string of the molecule is COc1cc(C=C(C#N)C(N)=S)ccc1OC(=O)C12CC3CC(CC(C3)C1)C2. The molecule has 0 atom stereocenters. The Morgan fingerprint density at radius 1 is 1.21 bits per heavy atom. The van der Waals surface area contributed by atoms with Crippen molar-refractivity contribution < 1.29 is 14.3 Å². The summed E-state index contributed by atoms with van der Waals surface area (Å²) < 4.78 is 11.3. The first-order valence-corrected chi connectivity index (χ1v) is 10.1. The van der Waals surface area contributed by atoms with Crippen molar-refractivity contribution in [1.82, 2.24) is 0 Å². The van der Waals surface area contributed by atoms with E-state index in [-0.39, 0.29) is 21.9 Å². The minimum Gasteiger partial charge on any atom is -0.493 e. The molecule has 28 heavy (non-hydrogen) atoms. The zero-order valence-corrected chi connectivity index (χ0v) is 16.8. The highest BCUT2D eigenvalue weighted by Gasteiger charge is 2.55. The molecule has 0 spiro atoms.